The number of halogens is 1. The van der Waals surface area contributed by atoms with Gasteiger partial charge in [0.15, 0.2) is 0 Å². The van der Waals surface area contributed by atoms with Gasteiger partial charge in [0.25, 0.3) is 0 Å². The number of rotatable bonds is 3. The zero-order valence-electron chi connectivity index (χ0n) is 11.9. The second-order valence-corrected chi connectivity index (χ2v) is 5.38. The number of benzene rings is 1. The maximum atomic E-state index is 13.3. The molecular weight excluding hydrogens is 265 g/mol. The number of hydrogen-bond donors (Lipinski definition) is 1. The van der Waals surface area contributed by atoms with Crippen molar-refractivity contribution < 1.29 is 4.39 Å². The smallest absolute Gasteiger partial charge is 0.144 e. The first-order valence-corrected chi connectivity index (χ1v) is 7.12. The number of hydrogen-bond acceptors (Lipinski definition) is 3. The minimum absolute atomic E-state index is 0.111. The van der Waals surface area contributed by atoms with E-state index >= 15 is 0 Å². The minimum Gasteiger partial charge on any atom is -0.362 e. The fraction of sp³-hybridized carbons (Fsp3) is 0.294. The predicted molar refractivity (Wildman–Crippen MR) is 79.4 cm³/mol. The van der Waals surface area contributed by atoms with Crippen LogP contribution >= 0.6 is 0 Å². The summed E-state index contributed by atoms with van der Waals surface area (Å²) in [6.07, 6.45) is 3.05. The van der Waals surface area contributed by atoms with Crippen LogP contribution in [0.25, 0.3) is 0 Å². The summed E-state index contributed by atoms with van der Waals surface area (Å²) in [6, 6.07) is 10.5. The summed E-state index contributed by atoms with van der Waals surface area (Å²) in [5.41, 5.74) is 3.64. The van der Waals surface area contributed by atoms with E-state index in [-0.39, 0.29) is 11.9 Å². The van der Waals surface area contributed by atoms with Crippen LogP contribution in [0.4, 0.5) is 10.2 Å². The van der Waals surface area contributed by atoms with E-state index in [2.05, 4.69) is 16.4 Å². The summed E-state index contributed by atoms with van der Waals surface area (Å²) in [5.74, 6) is 0.332. The standard InChI is InChI=1S/C17H16FN3/c1-11(12-4-2-6-15(18)9-12)20-17-14(10-19)8-13-5-3-7-16(13)21-17/h2,4,6,8-9,11H,3,5,7H2,1H3,(H,20,21). The largest absolute Gasteiger partial charge is 0.362 e. The number of aryl methyl sites for hydroxylation is 2. The maximum Gasteiger partial charge on any atom is 0.144 e. The van der Waals surface area contributed by atoms with E-state index in [1.54, 1.807) is 6.07 Å². The van der Waals surface area contributed by atoms with E-state index in [0.717, 1.165) is 30.5 Å². The van der Waals surface area contributed by atoms with Crippen LogP contribution in [0.15, 0.2) is 30.3 Å². The summed E-state index contributed by atoms with van der Waals surface area (Å²) >= 11 is 0. The number of nitrogens with zero attached hydrogens (tertiary/aromatic N) is 2. The Morgan fingerprint density at radius 1 is 1.33 bits per heavy atom. The molecule has 0 saturated carbocycles. The Morgan fingerprint density at radius 3 is 2.95 bits per heavy atom. The average molecular weight is 281 g/mol. The summed E-state index contributed by atoms with van der Waals surface area (Å²) in [5, 5.41) is 12.5. The first-order chi connectivity index (χ1) is 10.2. The topological polar surface area (TPSA) is 48.7 Å². The van der Waals surface area contributed by atoms with E-state index in [1.165, 1.54) is 17.7 Å². The molecule has 3 rings (SSSR count). The predicted octanol–water partition coefficient (Wildman–Crippen LogP) is 3.75. The Balaban J connectivity index is 1.89. The molecule has 0 amide bonds. The second kappa shape index (κ2) is 5.53. The summed E-state index contributed by atoms with van der Waals surface area (Å²) in [6.45, 7) is 1.94. The van der Waals surface area contributed by atoms with Gasteiger partial charge in [-0.1, -0.05) is 12.1 Å². The molecule has 0 bridgehead atoms. The van der Waals surface area contributed by atoms with Crippen molar-refractivity contribution in [2.75, 3.05) is 5.32 Å². The van der Waals surface area contributed by atoms with Crippen LogP contribution in [0.1, 0.15) is 41.8 Å². The van der Waals surface area contributed by atoms with E-state index < -0.39 is 0 Å². The molecule has 3 nitrogen and oxygen atoms in total. The van der Waals surface area contributed by atoms with Crippen molar-refractivity contribution in [2.24, 2.45) is 0 Å². The van der Waals surface area contributed by atoms with Crippen molar-refractivity contribution in [3.8, 4) is 6.07 Å². The van der Waals surface area contributed by atoms with Crippen molar-refractivity contribution in [3.05, 3.63) is 58.5 Å². The zero-order valence-corrected chi connectivity index (χ0v) is 11.9. The minimum atomic E-state index is -0.261. The molecule has 0 aliphatic heterocycles. The fourth-order valence-electron chi connectivity index (χ4n) is 2.73. The van der Waals surface area contributed by atoms with Crippen LogP contribution in [0.3, 0.4) is 0 Å². The van der Waals surface area contributed by atoms with Gasteiger partial charge < -0.3 is 5.32 Å². The van der Waals surface area contributed by atoms with Crippen LogP contribution in [0, 0.1) is 17.1 Å². The van der Waals surface area contributed by atoms with Crippen LogP contribution < -0.4 is 5.32 Å². The quantitative estimate of drug-likeness (QED) is 0.932. The number of pyridine rings is 1. The second-order valence-electron chi connectivity index (χ2n) is 5.38. The third kappa shape index (κ3) is 2.73. The van der Waals surface area contributed by atoms with E-state index in [1.807, 2.05) is 19.1 Å². The Morgan fingerprint density at radius 2 is 2.19 bits per heavy atom. The van der Waals surface area contributed by atoms with Gasteiger partial charge in [-0.25, -0.2) is 9.37 Å². The van der Waals surface area contributed by atoms with Gasteiger partial charge in [-0.2, -0.15) is 5.26 Å². The van der Waals surface area contributed by atoms with Crippen LogP contribution in [0.5, 0.6) is 0 Å². The van der Waals surface area contributed by atoms with E-state index in [0.29, 0.717) is 11.4 Å². The molecule has 21 heavy (non-hydrogen) atoms. The molecule has 0 radical (unpaired) electrons. The fourth-order valence-corrected chi connectivity index (χ4v) is 2.73. The highest BCUT2D eigenvalue weighted by molar-refractivity contribution is 5.56. The lowest BCUT2D eigenvalue weighted by atomic mass is 10.1. The van der Waals surface area contributed by atoms with Gasteiger partial charge in [-0.15, -0.1) is 0 Å². The van der Waals surface area contributed by atoms with Gasteiger partial charge in [-0.05, 0) is 55.5 Å². The van der Waals surface area contributed by atoms with Crippen LogP contribution in [0.2, 0.25) is 0 Å². The molecule has 1 aromatic heterocycles. The molecule has 0 saturated heterocycles. The van der Waals surface area contributed by atoms with Crippen molar-refractivity contribution in [2.45, 2.75) is 32.2 Å². The summed E-state index contributed by atoms with van der Waals surface area (Å²) in [7, 11) is 0. The maximum absolute atomic E-state index is 13.3. The number of nitriles is 1. The van der Waals surface area contributed by atoms with Gasteiger partial charge in [0, 0.05) is 5.69 Å². The molecule has 2 aromatic rings. The first kappa shape index (κ1) is 13.6. The molecule has 106 valence electrons. The molecule has 1 atom stereocenters. The molecular formula is C17H16FN3. The third-order valence-electron chi connectivity index (χ3n) is 3.87. The lowest BCUT2D eigenvalue weighted by Gasteiger charge is -2.17. The number of anilines is 1. The molecule has 0 fully saturated rings. The molecule has 1 aliphatic carbocycles. The van der Waals surface area contributed by atoms with Gasteiger partial charge in [0.05, 0.1) is 11.6 Å². The van der Waals surface area contributed by atoms with Crippen LogP contribution in [-0.4, -0.2) is 4.98 Å². The van der Waals surface area contributed by atoms with Crippen LogP contribution in [-0.2, 0) is 12.8 Å². The summed E-state index contributed by atoms with van der Waals surface area (Å²) in [4.78, 5) is 4.58. The third-order valence-corrected chi connectivity index (χ3v) is 3.87. The van der Waals surface area contributed by atoms with Gasteiger partial charge >= 0.3 is 0 Å². The zero-order chi connectivity index (χ0) is 14.8. The molecule has 0 spiro atoms. The monoisotopic (exact) mass is 281 g/mol. The normalized spacial score (nSPS) is 14.3. The SMILES string of the molecule is CC(Nc1nc2c(cc1C#N)CCC2)c1cccc(F)c1. The Hall–Kier alpha value is -2.41. The first-order valence-electron chi connectivity index (χ1n) is 7.12. The molecule has 1 N–H and O–H groups in total. The highest BCUT2D eigenvalue weighted by atomic mass is 19.1. The molecule has 1 aliphatic rings. The highest BCUT2D eigenvalue weighted by Crippen LogP contribution is 2.27. The highest BCUT2D eigenvalue weighted by Gasteiger charge is 2.17. The lowest BCUT2D eigenvalue weighted by Crippen LogP contribution is -2.10. The summed E-state index contributed by atoms with van der Waals surface area (Å²) < 4.78 is 13.3. The number of aromatic nitrogens is 1. The molecule has 1 aromatic carbocycles. The molecule has 1 unspecified atom stereocenters. The molecule has 4 heteroatoms. The van der Waals surface area contributed by atoms with Crippen molar-refractivity contribution in [3.63, 3.8) is 0 Å². The van der Waals surface area contributed by atoms with Crippen molar-refractivity contribution in [1.29, 1.82) is 5.26 Å². The van der Waals surface area contributed by atoms with Gasteiger partial charge in [0.1, 0.15) is 17.7 Å². The van der Waals surface area contributed by atoms with E-state index in [9.17, 15) is 9.65 Å². The van der Waals surface area contributed by atoms with Gasteiger partial charge in [0.2, 0.25) is 0 Å². The number of nitrogens with one attached hydrogen (secondary N) is 1. The Bertz CT molecular complexity index is 718. The lowest BCUT2D eigenvalue weighted by molar-refractivity contribution is 0.623. The van der Waals surface area contributed by atoms with Gasteiger partial charge in [-0.3, -0.25) is 0 Å². The van der Waals surface area contributed by atoms with Crippen molar-refractivity contribution in [1.82, 2.24) is 4.98 Å². The average Bonchev–Trinajstić information content (AvgIpc) is 2.93. The Labute approximate surface area is 123 Å². The number of fused-ring (bicyclic) bond motifs is 1. The van der Waals surface area contributed by atoms with E-state index in [4.69, 9.17) is 0 Å². The Kier molecular flexibility index (Phi) is 3.57. The van der Waals surface area contributed by atoms with Crippen molar-refractivity contribution >= 4 is 5.82 Å². The molecule has 1 heterocycles.